The maximum absolute atomic E-state index is 5.78. The molecular weight excluding hydrogens is 539 g/mol. The van der Waals surface area contributed by atoms with Gasteiger partial charge in [-0.25, -0.2) is 4.98 Å². The fraction of sp³-hybridized carbons (Fsp3) is 0.132. The van der Waals surface area contributed by atoms with Crippen molar-refractivity contribution in [2.75, 3.05) is 6.61 Å². The normalized spacial score (nSPS) is 11.1. The molecule has 0 N–H and O–H groups in total. The predicted molar refractivity (Wildman–Crippen MR) is 185 cm³/mol. The molecule has 43 heavy (non-hydrogen) atoms. The second-order valence-corrected chi connectivity index (χ2v) is 13.0. The third-order valence-corrected chi connectivity index (χ3v) is 10.5. The largest absolute Gasteiger partial charge is 0.494 e. The van der Waals surface area contributed by atoms with Gasteiger partial charge in [0.25, 0.3) is 0 Å². The molecule has 0 saturated carbocycles. The zero-order valence-electron chi connectivity index (χ0n) is 25.1. The minimum Gasteiger partial charge on any atom is -0.494 e. The molecule has 0 aliphatic heterocycles. The molecule has 0 fully saturated rings. The SMILES string of the molecule is CB(c1ccccc1)c1ccccc1.CCCOc1ccc([SiH2]C(c2ccccc2)(c2ccccc2)n2ccnc2)cc1. The smallest absolute Gasteiger partial charge is 0.206 e. The Bertz CT molecular complexity index is 1530. The number of rotatable bonds is 10. The molecule has 0 aliphatic rings. The third kappa shape index (κ3) is 7.43. The molecule has 0 amide bonds. The van der Waals surface area contributed by atoms with Gasteiger partial charge in [-0.05, 0) is 29.7 Å². The lowest BCUT2D eigenvalue weighted by Crippen LogP contribution is -2.46. The number of benzene rings is 5. The Morgan fingerprint density at radius 1 is 0.674 bits per heavy atom. The second-order valence-electron chi connectivity index (χ2n) is 10.8. The first-order valence-corrected chi connectivity index (χ1v) is 16.5. The minimum atomic E-state index is -0.838. The van der Waals surface area contributed by atoms with Gasteiger partial charge in [0.2, 0.25) is 6.71 Å². The summed E-state index contributed by atoms with van der Waals surface area (Å²) < 4.78 is 8.07. The predicted octanol–water partition coefficient (Wildman–Crippen LogP) is 5.84. The average Bonchev–Trinajstić information content (AvgIpc) is 3.64. The fourth-order valence-electron chi connectivity index (χ4n) is 5.57. The molecule has 1 aromatic heterocycles. The summed E-state index contributed by atoms with van der Waals surface area (Å²) in [6.07, 6.45) is 6.93. The van der Waals surface area contributed by atoms with Crippen molar-refractivity contribution in [3.05, 3.63) is 175 Å². The first-order chi connectivity index (χ1) is 21.2. The standard InChI is InChI=1S/C25H26N2OSi.C13H13B/c1-2-19-28-23-13-15-24(16-14-23)29-25(27-18-17-26-20-27,21-9-5-3-6-10-21)22-11-7-4-8-12-22;1-14(12-8-4-2-5-9-12)13-10-6-3-7-11-13/h3-18,20H,2,19,29H2,1H3;2-11H,1H3. The van der Waals surface area contributed by atoms with Crippen LogP contribution in [-0.4, -0.2) is 32.4 Å². The van der Waals surface area contributed by atoms with Crippen LogP contribution >= 0.6 is 0 Å². The first-order valence-electron chi connectivity index (χ1n) is 15.1. The van der Waals surface area contributed by atoms with Gasteiger partial charge in [-0.15, -0.1) is 0 Å². The Morgan fingerprint density at radius 2 is 1.16 bits per heavy atom. The van der Waals surface area contributed by atoms with Crippen molar-refractivity contribution in [3.8, 4) is 5.75 Å². The quantitative estimate of drug-likeness (QED) is 0.191. The van der Waals surface area contributed by atoms with Gasteiger partial charge in [0.1, 0.15) is 5.75 Å². The van der Waals surface area contributed by atoms with E-state index >= 15 is 0 Å². The number of nitrogens with zero attached hydrogens (tertiary/aromatic N) is 2. The molecule has 0 bridgehead atoms. The summed E-state index contributed by atoms with van der Waals surface area (Å²) in [4.78, 5) is 4.39. The average molecular weight is 579 g/mol. The van der Waals surface area contributed by atoms with Gasteiger partial charge >= 0.3 is 0 Å². The van der Waals surface area contributed by atoms with Gasteiger partial charge in [-0.1, -0.05) is 163 Å². The number of ether oxygens (including phenoxy) is 1. The highest BCUT2D eigenvalue weighted by Gasteiger charge is 2.36. The van der Waals surface area contributed by atoms with Crippen molar-refractivity contribution in [1.29, 1.82) is 0 Å². The molecule has 5 heteroatoms. The Morgan fingerprint density at radius 3 is 1.60 bits per heavy atom. The lowest BCUT2D eigenvalue weighted by molar-refractivity contribution is 0.317. The van der Waals surface area contributed by atoms with E-state index in [1.807, 2.05) is 12.5 Å². The molecule has 0 aliphatic carbocycles. The van der Waals surface area contributed by atoms with Crippen LogP contribution in [0.1, 0.15) is 24.5 Å². The zero-order valence-corrected chi connectivity index (χ0v) is 26.5. The number of aromatic nitrogens is 2. The summed E-state index contributed by atoms with van der Waals surface area (Å²) in [6.45, 7) is 5.60. The Kier molecular flexibility index (Phi) is 10.4. The Balaban J connectivity index is 0.000000220. The molecule has 5 aromatic carbocycles. The van der Waals surface area contributed by atoms with Crippen molar-refractivity contribution in [2.24, 2.45) is 0 Å². The van der Waals surface area contributed by atoms with E-state index in [4.69, 9.17) is 4.74 Å². The van der Waals surface area contributed by atoms with Gasteiger partial charge in [0.05, 0.1) is 27.6 Å². The summed E-state index contributed by atoms with van der Waals surface area (Å²) in [5.74, 6) is 0.942. The maximum atomic E-state index is 5.78. The summed E-state index contributed by atoms with van der Waals surface area (Å²) >= 11 is 0. The molecule has 214 valence electrons. The van der Waals surface area contributed by atoms with Crippen LogP contribution < -0.4 is 20.8 Å². The lowest BCUT2D eigenvalue weighted by Gasteiger charge is -2.37. The van der Waals surface area contributed by atoms with Crippen LogP contribution in [0.5, 0.6) is 5.75 Å². The molecule has 0 radical (unpaired) electrons. The monoisotopic (exact) mass is 578 g/mol. The van der Waals surface area contributed by atoms with E-state index in [-0.39, 0.29) is 5.16 Å². The number of hydrogen-bond acceptors (Lipinski definition) is 2. The van der Waals surface area contributed by atoms with E-state index in [1.54, 1.807) is 0 Å². The fourth-order valence-corrected chi connectivity index (χ4v) is 7.88. The molecule has 0 atom stereocenters. The molecule has 6 aromatic rings. The lowest BCUT2D eigenvalue weighted by atomic mass is 9.43. The van der Waals surface area contributed by atoms with Gasteiger partial charge < -0.3 is 9.30 Å². The topological polar surface area (TPSA) is 27.1 Å². The molecule has 0 unspecified atom stereocenters. The van der Waals surface area contributed by atoms with E-state index in [0.29, 0.717) is 6.71 Å². The van der Waals surface area contributed by atoms with Gasteiger partial charge in [-0.3, -0.25) is 0 Å². The Labute approximate surface area is 259 Å². The van der Waals surface area contributed by atoms with Gasteiger partial charge in [-0.2, -0.15) is 0 Å². The van der Waals surface area contributed by atoms with Crippen LogP contribution in [0.4, 0.5) is 0 Å². The van der Waals surface area contributed by atoms with Gasteiger partial charge in [0.15, 0.2) is 0 Å². The van der Waals surface area contributed by atoms with Crippen LogP contribution in [0.2, 0.25) is 6.82 Å². The first kappa shape index (κ1) is 29.9. The van der Waals surface area contributed by atoms with E-state index in [1.165, 1.54) is 27.2 Å². The molecular formula is C38H39BN2OSi. The van der Waals surface area contributed by atoms with E-state index in [2.05, 4.69) is 175 Å². The van der Waals surface area contributed by atoms with E-state index < -0.39 is 9.52 Å². The van der Waals surface area contributed by atoms with Crippen LogP contribution in [-0.2, 0) is 5.16 Å². The highest BCUT2D eigenvalue weighted by atomic mass is 28.2. The maximum Gasteiger partial charge on any atom is 0.206 e. The second kappa shape index (κ2) is 15.0. The molecule has 1 heterocycles. The zero-order chi connectivity index (χ0) is 29.7. The van der Waals surface area contributed by atoms with Crippen molar-refractivity contribution < 1.29 is 4.74 Å². The molecule has 6 rings (SSSR count). The van der Waals surface area contributed by atoms with Gasteiger partial charge in [0, 0.05) is 12.4 Å². The summed E-state index contributed by atoms with van der Waals surface area (Å²) in [6, 6.07) is 51.5. The minimum absolute atomic E-state index is 0.245. The molecule has 0 spiro atoms. The summed E-state index contributed by atoms with van der Waals surface area (Å²) in [5.41, 5.74) is 5.33. The van der Waals surface area contributed by atoms with Crippen LogP contribution in [0.25, 0.3) is 0 Å². The van der Waals surface area contributed by atoms with Crippen LogP contribution in [0.15, 0.2) is 164 Å². The molecule has 3 nitrogen and oxygen atoms in total. The van der Waals surface area contributed by atoms with Crippen molar-refractivity contribution in [1.82, 2.24) is 9.55 Å². The molecule has 0 saturated heterocycles. The van der Waals surface area contributed by atoms with Crippen LogP contribution in [0, 0.1) is 0 Å². The van der Waals surface area contributed by atoms with Crippen molar-refractivity contribution >= 4 is 32.3 Å². The highest BCUT2D eigenvalue weighted by Crippen LogP contribution is 2.33. The van der Waals surface area contributed by atoms with E-state index in [0.717, 1.165) is 18.8 Å². The highest BCUT2D eigenvalue weighted by molar-refractivity contribution is 6.84. The number of hydrogen-bond donors (Lipinski definition) is 0. The summed E-state index contributed by atoms with van der Waals surface area (Å²) in [5, 5.41) is 1.14. The number of imidazole rings is 1. The van der Waals surface area contributed by atoms with Crippen molar-refractivity contribution in [2.45, 2.75) is 25.3 Å². The van der Waals surface area contributed by atoms with E-state index in [9.17, 15) is 0 Å². The van der Waals surface area contributed by atoms with Crippen molar-refractivity contribution in [3.63, 3.8) is 0 Å². The Hall–Kier alpha value is -4.61. The van der Waals surface area contributed by atoms with Crippen LogP contribution in [0.3, 0.4) is 0 Å². The third-order valence-electron chi connectivity index (χ3n) is 7.90. The summed E-state index contributed by atoms with van der Waals surface area (Å²) in [7, 11) is -0.838.